The summed E-state index contributed by atoms with van der Waals surface area (Å²) in [6.07, 6.45) is -10.1. The van der Waals surface area contributed by atoms with Crippen LogP contribution in [-0.4, -0.2) is 16.5 Å². The van der Waals surface area contributed by atoms with Crippen LogP contribution in [0.3, 0.4) is 0 Å². The molecule has 1 N–H and O–H groups in total. The Balaban J connectivity index is 3.48. The second-order valence-electron chi connectivity index (χ2n) is 3.26. The molecule has 0 unspecified atom stereocenters. The molecule has 0 amide bonds. The highest BCUT2D eigenvalue weighted by Gasteiger charge is 2.42. The van der Waals surface area contributed by atoms with Crippen molar-refractivity contribution in [1.82, 2.24) is 4.98 Å². The molecule has 0 bridgehead atoms. The van der Waals surface area contributed by atoms with Gasteiger partial charge in [0.25, 0.3) is 0 Å². The highest BCUT2D eigenvalue weighted by atomic mass is 79.9. The summed E-state index contributed by atoms with van der Waals surface area (Å²) in [5.41, 5.74) is -2.66. The van der Waals surface area contributed by atoms with E-state index < -0.39 is 36.0 Å². The summed E-state index contributed by atoms with van der Waals surface area (Å²) in [7, 11) is 0. The Morgan fingerprint density at radius 3 is 2.16 bits per heavy atom. The number of halogens is 7. The molecule has 0 saturated heterocycles. The average molecular weight is 354 g/mol. The van der Waals surface area contributed by atoms with Gasteiger partial charge < -0.3 is 9.84 Å². The van der Waals surface area contributed by atoms with Crippen molar-refractivity contribution < 1.29 is 36.2 Å². The molecule has 3 nitrogen and oxygen atoms in total. The molecule has 0 aliphatic heterocycles. The fourth-order valence-corrected chi connectivity index (χ4v) is 1.85. The standard InChI is InChI=1S/C9H6BrF6NO2/c10-1-5-4(3-18)7(8(11,12)13)6(2-17-5)19-9(14,15)16/h2,18H,1,3H2. The molecule has 0 aliphatic rings. The molecule has 1 aromatic rings. The van der Waals surface area contributed by atoms with Gasteiger partial charge in [0.15, 0.2) is 5.75 Å². The van der Waals surface area contributed by atoms with E-state index in [0.717, 1.165) is 0 Å². The maximum atomic E-state index is 12.8. The van der Waals surface area contributed by atoms with E-state index in [1.807, 2.05) is 0 Å². The van der Waals surface area contributed by atoms with Crippen molar-refractivity contribution in [3.8, 4) is 5.75 Å². The normalized spacial score (nSPS) is 12.6. The lowest BCUT2D eigenvalue weighted by molar-refractivity contribution is -0.276. The van der Waals surface area contributed by atoms with Crippen LogP contribution in [0.5, 0.6) is 5.75 Å². The first-order valence-corrected chi connectivity index (χ1v) is 5.72. The predicted molar refractivity (Wildman–Crippen MR) is 54.5 cm³/mol. The maximum absolute atomic E-state index is 12.8. The van der Waals surface area contributed by atoms with Gasteiger partial charge in [-0.15, -0.1) is 13.2 Å². The molecule has 1 aromatic heterocycles. The molecular formula is C9H6BrF6NO2. The third-order valence-corrected chi connectivity index (χ3v) is 2.56. The van der Waals surface area contributed by atoms with E-state index >= 15 is 0 Å². The number of aromatic nitrogens is 1. The lowest BCUT2D eigenvalue weighted by Crippen LogP contribution is -2.22. The molecule has 0 aromatic carbocycles. The summed E-state index contributed by atoms with van der Waals surface area (Å²) >= 11 is 2.83. The van der Waals surface area contributed by atoms with Crippen molar-refractivity contribution in [2.24, 2.45) is 0 Å². The molecule has 0 atom stereocenters. The highest BCUT2D eigenvalue weighted by Crippen LogP contribution is 2.41. The quantitative estimate of drug-likeness (QED) is 0.669. The minimum absolute atomic E-state index is 0.154. The summed E-state index contributed by atoms with van der Waals surface area (Å²) in [4.78, 5) is 3.39. The fourth-order valence-electron chi connectivity index (χ4n) is 1.37. The zero-order valence-corrected chi connectivity index (χ0v) is 10.5. The first-order chi connectivity index (χ1) is 8.60. The smallest absolute Gasteiger partial charge is 0.403 e. The largest absolute Gasteiger partial charge is 0.573 e. The number of hydrogen-bond acceptors (Lipinski definition) is 3. The van der Waals surface area contributed by atoms with E-state index in [1.54, 1.807) is 0 Å². The molecule has 1 rings (SSSR count). The SMILES string of the molecule is OCc1c(CBr)ncc(OC(F)(F)F)c1C(F)(F)F. The lowest BCUT2D eigenvalue weighted by atomic mass is 10.1. The maximum Gasteiger partial charge on any atom is 0.573 e. The average Bonchev–Trinajstić information content (AvgIpc) is 2.24. The molecule has 0 aliphatic carbocycles. The Morgan fingerprint density at radius 2 is 1.79 bits per heavy atom. The van der Waals surface area contributed by atoms with Gasteiger partial charge in [-0.1, -0.05) is 15.9 Å². The number of hydrogen-bond donors (Lipinski definition) is 1. The third-order valence-electron chi connectivity index (χ3n) is 2.03. The van der Waals surface area contributed by atoms with Crippen LogP contribution in [0.4, 0.5) is 26.3 Å². The van der Waals surface area contributed by atoms with Crippen molar-refractivity contribution in [2.45, 2.75) is 24.5 Å². The van der Waals surface area contributed by atoms with Crippen molar-refractivity contribution in [3.63, 3.8) is 0 Å². The lowest BCUT2D eigenvalue weighted by Gasteiger charge is -2.19. The summed E-state index contributed by atoms with van der Waals surface area (Å²) in [5, 5.41) is 8.76. The fraction of sp³-hybridized carbons (Fsp3) is 0.444. The molecule has 10 heteroatoms. The van der Waals surface area contributed by atoms with Crippen LogP contribution < -0.4 is 4.74 Å². The van der Waals surface area contributed by atoms with Gasteiger partial charge in [0.05, 0.1) is 18.5 Å². The number of rotatable bonds is 3. The summed E-state index contributed by atoms with van der Waals surface area (Å²) in [6, 6.07) is 0. The van der Waals surface area contributed by atoms with Gasteiger partial charge in [0, 0.05) is 10.9 Å². The summed E-state index contributed by atoms with van der Waals surface area (Å²) < 4.78 is 77.8. The van der Waals surface area contributed by atoms with Crippen molar-refractivity contribution >= 4 is 15.9 Å². The first kappa shape index (κ1) is 16.0. The van der Waals surface area contributed by atoms with E-state index in [0.29, 0.717) is 6.20 Å². The number of ether oxygens (including phenoxy) is 1. The minimum atomic E-state index is -5.29. The van der Waals surface area contributed by atoms with Crippen LogP contribution in [0.25, 0.3) is 0 Å². The van der Waals surface area contributed by atoms with Gasteiger partial charge in [-0.2, -0.15) is 13.2 Å². The van der Waals surface area contributed by atoms with Gasteiger partial charge in [-0.25, -0.2) is 0 Å². The van der Waals surface area contributed by atoms with Crippen LogP contribution in [-0.2, 0) is 18.1 Å². The second kappa shape index (κ2) is 5.53. The second-order valence-corrected chi connectivity index (χ2v) is 3.82. The van der Waals surface area contributed by atoms with Crippen LogP contribution >= 0.6 is 15.9 Å². The molecule has 0 fully saturated rings. The monoisotopic (exact) mass is 353 g/mol. The Kier molecular flexibility index (Phi) is 4.67. The van der Waals surface area contributed by atoms with Gasteiger partial charge in [-0.05, 0) is 0 Å². The van der Waals surface area contributed by atoms with Gasteiger partial charge in [0.1, 0.15) is 5.56 Å². The number of aliphatic hydroxyl groups is 1. The summed E-state index contributed by atoms with van der Waals surface area (Å²) in [5.74, 6) is -1.49. The molecule has 1 heterocycles. The highest BCUT2D eigenvalue weighted by molar-refractivity contribution is 9.08. The number of alkyl halides is 7. The number of nitrogens with zero attached hydrogens (tertiary/aromatic N) is 1. The van der Waals surface area contributed by atoms with Crippen LogP contribution in [0.15, 0.2) is 6.20 Å². The zero-order chi connectivity index (χ0) is 14.8. The van der Waals surface area contributed by atoms with Gasteiger partial charge >= 0.3 is 12.5 Å². The predicted octanol–water partition coefficient (Wildman–Crippen LogP) is 3.39. The Labute approximate surface area is 111 Å². The Morgan fingerprint density at radius 1 is 1.21 bits per heavy atom. The van der Waals surface area contributed by atoms with E-state index in [4.69, 9.17) is 5.11 Å². The van der Waals surface area contributed by atoms with E-state index in [1.165, 1.54) is 0 Å². The van der Waals surface area contributed by atoms with Gasteiger partial charge in [0.2, 0.25) is 0 Å². The molecule has 0 saturated carbocycles. The number of pyridine rings is 1. The third kappa shape index (κ3) is 3.96. The van der Waals surface area contributed by atoms with Gasteiger partial charge in [-0.3, -0.25) is 4.98 Å². The molecule has 19 heavy (non-hydrogen) atoms. The molecule has 0 spiro atoms. The first-order valence-electron chi connectivity index (χ1n) is 4.60. The van der Waals surface area contributed by atoms with Crippen molar-refractivity contribution in [3.05, 3.63) is 23.0 Å². The van der Waals surface area contributed by atoms with E-state index in [2.05, 4.69) is 25.7 Å². The van der Waals surface area contributed by atoms with Crippen molar-refractivity contribution in [2.75, 3.05) is 0 Å². The topological polar surface area (TPSA) is 42.4 Å². The van der Waals surface area contributed by atoms with Crippen LogP contribution in [0, 0.1) is 0 Å². The van der Waals surface area contributed by atoms with Crippen LogP contribution in [0.2, 0.25) is 0 Å². The van der Waals surface area contributed by atoms with E-state index in [-0.39, 0.29) is 11.0 Å². The van der Waals surface area contributed by atoms with Crippen molar-refractivity contribution in [1.29, 1.82) is 0 Å². The zero-order valence-electron chi connectivity index (χ0n) is 8.94. The molecule has 0 radical (unpaired) electrons. The summed E-state index contributed by atoms with van der Waals surface area (Å²) in [6.45, 7) is -1.11. The minimum Gasteiger partial charge on any atom is -0.403 e. The van der Waals surface area contributed by atoms with Crippen LogP contribution in [0.1, 0.15) is 16.8 Å². The Hall–Kier alpha value is -1.03. The van der Waals surface area contributed by atoms with E-state index in [9.17, 15) is 26.3 Å². The Bertz CT molecular complexity index is 459. The number of aliphatic hydroxyl groups excluding tert-OH is 1. The molecule has 108 valence electrons. The molecular weight excluding hydrogens is 348 g/mol.